The van der Waals surface area contributed by atoms with Crippen LogP contribution in [0.4, 0.5) is 9.59 Å². The Labute approximate surface area is 213 Å². The van der Waals surface area contributed by atoms with E-state index < -0.39 is 31.7 Å². The van der Waals surface area contributed by atoms with Gasteiger partial charge in [0, 0.05) is 13.0 Å². The van der Waals surface area contributed by atoms with Gasteiger partial charge >= 0.3 is 12.2 Å². The van der Waals surface area contributed by atoms with E-state index in [2.05, 4.69) is 49.5 Å². The Morgan fingerprint density at radius 3 is 1.89 bits per heavy atom. The molecule has 0 aromatic heterocycles. The van der Waals surface area contributed by atoms with Crippen molar-refractivity contribution in [2.45, 2.75) is 124 Å². The summed E-state index contributed by atoms with van der Waals surface area (Å²) >= 11 is 0. The Morgan fingerprint density at radius 1 is 0.829 bits per heavy atom. The molecule has 0 aliphatic rings. The van der Waals surface area contributed by atoms with E-state index in [1.165, 1.54) is 6.61 Å². The van der Waals surface area contributed by atoms with E-state index in [9.17, 15) is 14.4 Å². The minimum absolute atomic E-state index is 0.0151. The van der Waals surface area contributed by atoms with Gasteiger partial charge in [0.15, 0.2) is 14.1 Å². The molecule has 9 nitrogen and oxygen atoms in total. The molecule has 0 rings (SSSR count). The molecule has 35 heavy (non-hydrogen) atoms. The van der Waals surface area contributed by atoms with E-state index in [4.69, 9.17) is 13.9 Å². The number of hydrogen-bond acceptors (Lipinski definition) is 6. The van der Waals surface area contributed by atoms with Crippen molar-refractivity contribution in [2.24, 2.45) is 4.99 Å². The fourth-order valence-electron chi connectivity index (χ4n) is 2.32. The molecule has 0 aliphatic carbocycles. The molecule has 0 saturated carbocycles. The number of nitrogens with one attached hydrogen (secondary N) is 2. The second-order valence-electron chi connectivity index (χ2n) is 12.1. The van der Waals surface area contributed by atoms with Crippen molar-refractivity contribution >= 4 is 32.2 Å². The third kappa shape index (κ3) is 17.2. The molecule has 0 spiro atoms. The van der Waals surface area contributed by atoms with Crippen molar-refractivity contribution in [3.05, 3.63) is 6.61 Å². The van der Waals surface area contributed by atoms with Gasteiger partial charge in [-0.05, 0) is 72.5 Å². The van der Waals surface area contributed by atoms with Gasteiger partial charge in [0.25, 0.3) is 0 Å². The number of alkyl carbamates (subject to hydrolysis) is 1. The topological polar surface area (TPSA) is 115 Å². The Bertz CT molecular complexity index is 731. The van der Waals surface area contributed by atoms with Crippen LogP contribution < -0.4 is 10.6 Å². The largest absolute Gasteiger partial charge is 0.444 e. The number of ether oxygens (including phenoxy) is 2. The van der Waals surface area contributed by atoms with Gasteiger partial charge in [0.05, 0.1) is 0 Å². The minimum Gasteiger partial charge on any atom is -0.444 e. The fourth-order valence-corrected chi connectivity index (χ4v) is 3.10. The second-order valence-corrected chi connectivity index (χ2v) is 16.9. The summed E-state index contributed by atoms with van der Waals surface area (Å²) in [4.78, 5) is 40.1. The Morgan fingerprint density at radius 2 is 1.37 bits per heavy atom. The fraction of sp³-hybridized carbons (Fsp3) is 0.800. The van der Waals surface area contributed by atoms with E-state index in [1.807, 2.05) is 0 Å². The van der Waals surface area contributed by atoms with Gasteiger partial charge in [-0.25, -0.2) is 9.59 Å². The number of rotatable bonds is 10. The van der Waals surface area contributed by atoms with Crippen molar-refractivity contribution in [3.8, 4) is 0 Å². The highest BCUT2D eigenvalue weighted by atomic mass is 28.4. The SMILES string of the molecule is CC(C)(C)OC(=O)N=C(NCCCCCCC(=O)[CH]O[Si](C)(C)C(C)(C)C)NC(=O)OC(C)(C)C. The lowest BCUT2D eigenvalue weighted by Crippen LogP contribution is -2.44. The van der Waals surface area contributed by atoms with Crippen LogP contribution in [0, 0.1) is 6.61 Å². The van der Waals surface area contributed by atoms with Gasteiger partial charge in [0.2, 0.25) is 5.96 Å². The predicted molar refractivity (Wildman–Crippen MR) is 142 cm³/mol. The van der Waals surface area contributed by atoms with Crippen molar-refractivity contribution in [3.63, 3.8) is 0 Å². The van der Waals surface area contributed by atoms with E-state index in [-0.39, 0.29) is 16.8 Å². The van der Waals surface area contributed by atoms with Crippen LogP contribution in [0.2, 0.25) is 18.1 Å². The molecule has 2 amide bonds. The van der Waals surface area contributed by atoms with Gasteiger partial charge in [-0.2, -0.15) is 0 Å². The highest BCUT2D eigenvalue weighted by Crippen LogP contribution is 2.37. The van der Waals surface area contributed by atoms with E-state index in [0.717, 1.165) is 25.7 Å². The Kier molecular flexibility index (Phi) is 13.2. The smallest absolute Gasteiger partial charge is 0.437 e. The number of nitrogens with zero attached hydrogens (tertiary/aromatic N) is 1. The quantitative estimate of drug-likeness (QED) is 0.157. The minimum atomic E-state index is -1.96. The summed E-state index contributed by atoms with van der Waals surface area (Å²) < 4.78 is 16.3. The van der Waals surface area contributed by atoms with Crippen LogP contribution in [0.1, 0.15) is 94.4 Å². The van der Waals surface area contributed by atoms with Gasteiger partial charge in [-0.1, -0.05) is 33.6 Å². The summed E-state index contributed by atoms with van der Waals surface area (Å²) in [6.07, 6.45) is 2.20. The summed E-state index contributed by atoms with van der Waals surface area (Å²) in [5.74, 6) is -0.0117. The number of aliphatic imine (C=N–C) groups is 1. The van der Waals surface area contributed by atoms with Crippen LogP contribution in [0.25, 0.3) is 0 Å². The maximum atomic E-state index is 12.1. The van der Waals surface area contributed by atoms with Gasteiger partial charge < -0.3 is 19.2 Å². The first kappa shape index (κ1) is 33.1. The number of hydrogen-bond donors (Lipinski definition) is 2. The lowest BCUT2D eigenvalue weighted by Gasteiger charge is -2.35. The highest BCUT2D eigenvalue weighted by Gasteiger charge is 2.37. The molecule has 0 aliphatic heterocycles. The van der Waals surface area contributed by atoms with Crippen LogP contribution >= 0.6 is 0 Å². The number of amides is 2. The lowest BCUT2D eigenvalue weighted by molar-refractivity contribution is -0.118. The zero-order valence-electron chi connectivity index (χ0n) is 23.7. The molecule has 0 fully saturated rings. The monoisotopic (exact) mass is 514 g/mol. The second kappa shape index (κ2) is 14.0. The van der Waals surface area contributed by atoms with Crippen LogP contribution in [-0.2, 0) is 18.7 Å². The van der Waals surface area contributed by atoms with E-state index >= 15 is 0 Å². The number of guanidine groups is 1. The molecule has 0 saturated heterocycles. The van der Waals surface area contributed by atoms with Crippen molar-refractivity contribution in [2.75, 3.05) is 6.54 Å². The molecule has 1 radical (unpaired) electrons. The molecule has 10 heteroatoms. The van der Waals surface area contributed by atoms with Crippen LogP contribution in [0.5, 0.6) is 0 Å². The van der Waals surface area contributed by atoms with Gasteiger partial charge in [-0.15, -0.1) is 4.99 Å². The van der Waals surface area contributed by atoms with E-state index in [1.54, 1.807) is 41.5 Å². The van der Waals surface area contributed by atoms with E-state index in [0.29, 0.717) is 13.0 Å². The normalized spacial score (nSPS) is 13.3. The molecule has 2 N–H and O–H groups in total. The van der Waals surface area contributed by atoms with Gasteiger partial charge in [0.1, 0.15) is 17.8 Å². The third-order valence-electron chi connectivity index (χ3n) is 5.15. The molecule has 0 bridgehead atoms. The first-order chi connectivity index (χ1) is 15.7. The molecular weight excluding hydrogens is 466 g/mol. The number of carbonyl (C=O) groups excluding carboxylic acids is 3. The molecule has 0 heterocycles. The molecule has 0 unspecified atom stereocenters. The van der Waals surface area contributed by atoms with Crippen molar-refractivity contribution in [1.29, 1.82) is 0 Å². The van der Waals surface area contributed by atoms with Crippen molar-refractivity contribution < 1.29 is 28.3 Å². The molecule has 0 aromatic carbocycles. The molecular formula is C25H48N3O6Si. The third-order valence-corrected chi connectivity index (χ3v) is 9.47. The Balaban J connectivity index is 4.49. The highest BCUT2D eigenvalue weighted by molar-refractivity contribution is 6.74. The number of ketones is 1. The summed E-state index contributed by atoms with van der Waals surface area (Å²) in [5.41, 5.74) is -1.39. The molecule has 203 valence electrons. The van der Waals surface area contributed by atoms with Crippen LogP contribution in [0.15, 0.2) is 4.99 Å². The summed E-state index contributed by atoms with van der Waals surface area (Å²) in [7, 11) is -1.96. The zero-order chi connectivity index (χ0) is 27.5. The average molecular weight is 515 g/mol. The Hall–Kier alpha value is -1.94. The van der Waals surface area contributed by atoms with Crippen molar-refractivity contribution in [1.82, 2.24) is 10.6 Å². The summed E-state index contributed by atoms with van der Waals surface area (Å²) in [6.45, 7) is 22.9. The zero-order valence-corrected chi connectivity index (χ0v) is 24.7. The average Bonchev–Trinajstić information content (AvgIpc) is 2.61. The molecule has 0 atom stereocenters. The predicted octanol–water partition coefficient (Wildman–Crippen LogP) is 6.09. The van der Waals surface area contributed by atoms with Crippen LogP contribution in [-0.4, -0.2) is 50.0 Å². The number of unbranched alkanes of at least 4 members (excludes halogenated alkanes) is 3. The first-order valence-corrected chi connectivity index (χ1v) is 15.2. The maximum absolute atomic E-state index is 12.1. The summed E-state index contributed by atoms with van der Waals surface area (Å²) in [6, 6.07) is 0. The summed E-state index contributed by atoms with van der Waals surface area (Å²) in [5, 5.41) is 5.47. The lowest BCUT2D eigenvalue weighted by atomic mass is 10.1. The first-order valence-electron chi connectivity index (χ1n) is 12.3. The number of Topliss-reactive ketones (excluding diaryl/α,β-unsaturated/α-hetero) is 1. The number of carbonyl (C=O) groups is 3. The van der Waals surface area contributed by atoms with Crippen LogP contribution in [0.3, 0.4) is 0 Å². The maximum Gasteiger partial charge on any atom is 0.437 e. The molecule has 0 aromatic rings. The van der Waals surface area contributed by atoms with Gasteiger partial charge in [-0.3, -0.25) is 10.1 Å². The standard InChI is InChI=1S/C25H48N3O6Si/c1-23(2,3)33-21(30)27-20(28-22(31)34-24(4,5)6)26-17-15-13-12-14-16-19(29)18-32-35(10,11)25(7,8)9/h18H,12-17H2,1-11H3,(H2,26,27,28,30,31).